The van der Waals surface area contributed by atoms with Crippen molar-refractivity contribution in [3.8, 4) is 12.3 Å². The molecule has 0 radical (unpaired) electrons. The van der Waals surface area contributed by atoms with Gasteiger partial charge in [-0.25, -0.2) is 0 Å². The normalized spacial score (nSPS) is 16.5. The van der Waals surface area contributed by atoms with Crippen LogP contribution in [0.2, 0.25) is 0 Å². The Hall–Kier alpha value is -1.89. The highest BCUT2D eigenvalue weighted by Gasteiger charge is 2.27. The molecule has 1 aromatic rings. The molecule has 0 spiro atoms. The molecule has 1 amide bonds. The topological polar surface area (TPSA) is 60.1 Å². The van der Waals surface area contributed by atoms with Crippen LogP contribution in [0.15, 0.2) is 12.3 Å². The van der Waals surface area contributed by atoms with Gasteiger partial charge < -0.3 is 15.6 Å². The molecule has 4 nitrogen and oxygen atoms in total. The number of amides is 1. The average Bonchev–Trinajstić information content (AvgIpc) is 3.01. The molecule has 84 valence electrons. The number of nitrogen functional groups attached to an aromatic ring is 1. The molecule has 0 aromatic carbocycles. The molecule has 1 aliphatic carbocycles. The van der Waals surface area contributed by atoms with Crippen molar-refractivity contribution in [3.05, 3.63) is 18.0 Å². The Balaban J connectivity index is 2.19. The third-order valence-corrected chi connectivity index (χ3v) is 2.64. The molecule has 4 heteroatoms. The van der Waals surface area contributed by atoms with Gasteiger partial charge >= 0.3 is 0 Å². The molecule has 2 rings (SSSR count). The van der Waals surface area contributed by atoms with Crippen LogP contribution in [0.1, 0.15) is 36.3 Å². The molecular weight excluding hydrogens is 202 g/mol. The summed E-state index contributed by atoms with van der Waals surface area (Å²) in [5.74, 6) is 2.31. The summed E-state index contributed by atoms with van der Waals surface area (Å²) in [7, 11) is 0. The van der Waals surface area contributed by atoms with Gasteiger partial charge in [-0.15, -0.1) is 6.42 Å². The zero-order valence-corrected chi connectivity index (χ0v) is 9.23. The predicted octanol–water partition coefficient (Wildman–Crippen LogP) is 1.16. The fraction of sp³-hybridized carbons (Fsp3) is 0.417. The molecule has 0 bridgehead atoms. The molecule has 1 heterocycles. The minimum atomic E-state index is -0.267. The second kappa shape index (κ2) is 3.93. The Labute approximate surface area is 94.8 Å². The van der Waals surface area contributed by atoms with E-state index in [1.54, 1.807) is 13.0 Å². The standard InChI is InChI=1S/C12H15N3O/c1-3-8(2)14-12(16)11-6-9(13)7-15(11)10-4-5-10/h1,6-8,10H,4-5,13H2,2H3,(H,14,16). The van der Waals surface area contributed by atoms with E-state index in [0.29, 0.717) is 17.4 Å². The fourth-order valence-electron chi connectivity index (χ4n) is 1.65. The van der Waals surface area contributed by atoms with Crippen LogP contribution in [0, 0.1) is 12.3 Å². The van der Waals surface area contributed by atoms with E-state index in [1.807, 2.05) is 10.8 Å². The lowest BCUT2D eigenvalue weighted by atomic mass is 10.3. The summed E-state index contributed by atoms with van der Waals surface area (Å²) in [4.78, 5) is 11.9. The van der Waals surface area contributed by atoms with E-state index in [2.05, 4.69) is 11.2 Å². The molecule has 1 atom stereocenters. The molecule has 1 unspecified atom stereocenters. The van der Waals surface area contributed by atoms with E-state index < -0.39 is 0 Å². The van der Waals surface area contributed by atoms with Gasteiger partial charge in [0.2, 0.25) is 0 Å². The van der Waals surface area contributed by atoms with E-state index in [-0.39, 0.29) is 11.9 Å². The SMILES string of the molecule is C#CC(C)NC(=O)c1cc(N)cn1C1CC1. The van der Waals surface area contributed by atoms with Gasteiger partial charge in [0, 0.05) is 12.2 Å². The van der Waals surface area contributed by atoms with Crippen LogP contribution in [-0.4, -0.2) is 16.5 Å². The van der Waals surface area contributed by atoms with E-state index in [0.717, 1.165) is 12.8 Å². The second-order valence-electron chi connectivity index (χ2n) is 4.16. The quantitative estimate of drug-likeness (QED) is 0.746. The first-order valence-electron chi connectivity index (χ1n) is 5.36. The van der Waals surface area contributed by atoms with Gasteiger partial charge in [-0.1, -0.05) is 5.92 Å². The summed E-state index contributed by atoms with van der Waals surface area (Å²) in [5.41, 5.74) is 6.92. The van der Waals surface area contributed by atoms with Crippen LogP contribution < -0.4 is 11.1 Å². The first-order valence-corrected chi connectivity index (χ1v) is 5.36. The maximum atomic E-state index is 11.9. The lowest BCUT2D eigenvalue weighted by molar-refractivity contribution is 0.0938. The highest BCUT2D eigenvalue weighted by molar-refractivity contribution is 5.94. The number of rotatable bonds is 3. The summed E-state index contributed by atoms with van der Waals surface area (Å²) < 4.78 is 1.94. The number of nitrogens with one attached hydrogen (secondary N) is 1. The molecule has 0 aliphatic heterocycles. The zero-order chi connectivity index (χ0) is 11.7. The summed E-state index contributed by atoms with van der Waals surface area (Å²) in [6.45, 7) is 1.77. The number of carbonyl (C=O) groups excluding carboxylic acids is 1. The van der Waals surface area contributed by atoms with Crippen LogP contribution in [0.25, 0.3) is 0 Å². The molecule has 1 aliphatic rings. The van der Waals surface area contributed by atoms with Crippen LogP contribution in [0.4, 0.5) is 5.69 Å². The number of nitrogens with two attached hydrogens (primary N) is 1. The van der Waals surface area contributed by atoms with Gasteiger partial charge in [0.25, 0.3) is 5.91 Å². The summed E-state index contributed by atoms with van der Waals surface area (Å²) in [6, 6.07) is 1.85. The Morgan fingerprint density at radius 3 is 3.00 bits per heavy atom. The van der Waals surface area contributed by atoms with Crippen molar-refractivity contribution in [1.82, 2.24) is 9.88 Å². The highest BCUT2D eigenvalue weighted by atomic mass is 16.2. The van der Waals surface area contributed by atoms with Gasteiger partial charge in [-0.2, -0.15) is 0 Å². The number of anilines is 1. The van der Waals surface area contributed by atoms with Crippen molar-refractivity contribution in [2.24, 2.45) is 0 Å². The Morgan fingerprint density at radius 2 is 2.44 bits per heavy atom. The second-order valence-corrected chi connectivity index (χ2v) is 4.16. The van der Waals surface area contributed by atoms with Crippen LogP contribution >= 0.6 is 0 Å². The van der Waals surface area contributed by atoms with Gasteiger partial charge in [0.1, 0.15) is 5.69 Å². The lowest BCUT2D eigenvalue weighted by Crippen LogP contribution is -2.32. The van der Waals surface area contributed by atoms with Gasteiger partial charge in [0.05, 0.1) is 11.7 Å². The maximum Gasteiger partial charge on any atom is 0.268 e. The summed E-state index contributed by atoms with van der Waals surface area (Å²) in [6.07, 6.45) is 9.25. The predicted molar refractivity (Wildman–Crippen MR) is 62.9 cm³/mol. The Morgan fingerprint density at radius 1 is 1.75 bits per heavy atom. The molecule has 16 heavy (non-hydrogen) atoms. The Bertz CT molecular complexity index is 451. The van der Waals surface area contributed by atoms with Crippen LogP contribution in [-0.2, 0) is 0 Å². The van der Waals surface area contributed by atoms with Crippen molar-refractivity contribution in [2.75, 3.05) is 5.73 Å². The lowest BCUT2D eigenvalue weighted by Gasteiger charge is -2.10. The third-order valence-electron chi connectivity index (χ3n) is 2.64. The molecule has 1 fully saturated rings. The molecule has 1 saturated carbocycles. The highest BCUT2D eigenvalue weighted by Crippen LogP contribution is 2.37. The van der Waals surface area contributed by atoms with Crippen molar-refractivity contribution in [3.63, 3.8) is 0 Å². The number of nitrogens with zero attached hydrogens (tertiary/aromatic N) is 1. The molecule has 3 N–H and O–H groups in total. The van der Waals surface area contributed by atoms with Crippen molar-refractivity contribution in [2.45, 2.75) is 31.8 Å². The minimum Gasteiger partial charge on any atom is -0.397 e. The Kier molecular flexibility index (Phi) is 2.61. The van der Waals surface area contributed by atoms with Crippen LogP contribution in [0.3, 0.4) is 0 Å². The molecule has 1 aromatic heterocycles. The monoisotopic (exact) mass is 217 g/mol. The van der Waals surface area contributed by atoms with E-state index >= 15 is 0 Å². The third kappa shape index (κ3) is 2.03. The van der Waals surface area contributed by atoms with Gasteiger partial charge in [0.15, 0.2) is 0 Å². The van der Waals surface area contributed by atoms with E-state index in [1.165, 1.54) is 0 Å². The number of aromatic nitrogens is 1. The smallest absolute Gasteiger partial charge is 0.268 e. The average molecular weight is 217 g/mol. The molecule has 0 saturated heterocycles. The summed E-state index contributed by atoms with van der Waals surface area (Å²) >= 11 is 0. The maximum absolute atomic E-state index is 11.9. The largest absolute Gasteiger partial charge is 0.397 e. The van der Waals surface area contributed by atoms with Crippen molar-refractivity contribution < 1.29 is 4.79 Å². The minimum absolute atomic E-state index is 0.158. The first-order chi connectivity index (χ1) is 7.61. The van der Waals surface area contributed by atoms with Gasteiger partial charge in [-0.05, 0) is 25.8 Å². The number of carbonyl (C=O) groups is 1. The first kappa shape index (κ1) is 10.6. The number of hydrogen-bond donors (Lipinski definition) is 2. The van der Waals surface area contributed by atoms with Crippen molar-refractivity contribution in [1.29, 1.82) is 0 Å². The zero-order valence-electron chi connectivity index (χ0n) is 9.23. The number of terminal acetylenes is 1. The van der Waals surface area contributed by atoms with Gasteiger partial charge in [-0.3, -0.25) is 4.79 Å². The van der Waals surface area contributed by atoms with Crippen molar-refractivity contribution >= 4 is 11.6 Å². The van der Waals surface area contributed by atoms with Crippen LogP contribution in [0.5, 0.6) is 0 Å². The van der Waals surface area contributed by atoms with E-state index in [9.17, 15) is 4.79 Å². The van der Waals surface area contributed by atoms with E-state index in [4.69, 9.17) is 12.2 Å². The molecular formula is C12H15N3O. The summed E-state index contributed by atoms with van der Waals surface area (Å²) in [5, 5.41) is 2.73. The fourth-order valence-corrected chi connectivity index (χ4v) is 1.65. The number of hydrogen-bond acceptors (Lipinski definition) is 2.